The number of hydrogen-bond acceptors (Lipinski definition) is 3. The molecule has 0 N–H and O–H groups in total. The van der Waals surface area contributed by atoms with Crippen molar-refractivity contribution in [1.82, 2.24) is 4.98 Å². The van der Waals surface area contributed by atoms with Gasteiger partial charge in [-0.2, -0.15) is 0 Å². The second-order valence-electron chi connectivity index (χ2n) is 3.24. The molecule has 1 heterocycles. The van der Waals surface area contributed by atoms with Crippen LogP contribution in [0.5, 0.6) is 0 Å². The Morgan fingerprint density at radius 3 is 3.06 bits per heavy atom. The number of pyridine rings is 1. The Bertz CT molecular complexity index is 540. The van der Waals surface area contributed by atoms with Crippen LogP contribution < -0.4 is 0 Å². The van der Waals surface area contributed by atoms with Gasteiger partial charge in [-0.15, -0.1) is 0 Å². The summed E-state index contributed by atoms with van der Waals surface area (Å²) in [5.41, 5.74) is 1.32. The summed E-state index contributed by atoms with van der Waals surface area (Å²) in [6.07, 6.45) is 1.70. The van der Waals surface area contributed by atoms with Crippen molar-refractivity contribution in [2.75, 3.05) is 6.61 Å². The zero-order valence-electron chi connectivity index (χ0n) is 8.74. The first-order chi connectivity index (χ1) is 7.72. The first-order valence-electron chi connectivity index (χ1n) is 4.93. The molecule has 0 spiro atoms. The number of aromatic nitrogens is 1. The smallest absolute Gasteiger partial charge is 0.338 e. The monoisotopic (exact) mass is 279 g/mol. The third kappa shape index (κ3) is 2.07. The lowest BCUT2D eigenvalue weighted by Crippen LogP contribution is -2.05. The fourth-order valence-corrected chi connectivity index (χ4v) is 1.97. The van der Waals surface area contributed by atoms with Gasteiger partial charge in [0.25, 0.3) is 0 Å². The Hall–Kier alpha value is -1.42. The molecule has 0 radical (unpaired) electrons. The first-order valence-corrected chi connectivity index (χ1v) is 5.73. The van der Waals surface area contributed by atoms with E-state index in [-0.39, 0.29) is 5.97 Å². The predicted octanol–water partition coefficient (Wildman–Crippen LogP) is 3.17. The van der Waals surface area contributed by atoms with Crippen LogP contribution in [-0.2, 0) is 4.74 Å². The molecule has 82 valence electrons. The molecule has 0 aliphatic carbocycles. The summed E-state index contributed by atoms with van der Waals surface area (Å²) in [5, 5.41) is 0.809. The molecule has 1 aromatic heterocycles. The number of esters is 1. The molecule has 0 aliphatic rings. The summed E-state index contributed by atoms with van der Waals surface area (Å²) in [6.45, 7) is 2.16. The van der Waals surface area contributed by atoms with Crippen molar-refractivity contribution in [1.29, 1.82) is 0 Å². The van der Waals surface area contributed by atoms with Crippen LogP contribution in [-0.4, -0.2) is 17.6 Å². The molecule has 0 saturated heterocycles. The molecular weight excluding hydrogens is 270 g/mol. The maximum absolute atomic E-state index is 11.7. The molecule has 0 amide bonds. The van der Waals surface area contributed by atoms with E-state index in [2.05, 4.69) is 20.9 Å². The van der Waals surface area contributed by atoms with Crippen molar-refractivity contribution in [2.45, 2.75) is 6.92 Å². The zero-order valence-corrected chi connectivity index (χ0v) is 10.3. The summed E-state index contributed by atoms with van der Waals surface area (Å²) in [4.78, 5) is 15.9. The van der Waals surface area contributed by atoms with E-state index in [9.17, 15) is 4.79 Å². The molecule has 3 nitrogen and oxygen atoms in total. The molecule has 0 saturated carbocycles. The summed E-state index contributed by atoms with van der Waals surface area (Å²) < 4.78 is 5.82. The Labute approximate surface area is 102 Å². The lowest BCUT2D eigenvalue weighted by Gasteiger charge is -2.06. The Balaban J connectivity index is 2.63. The van der Waals surface area contributed by atoms with Crippen LogP contribution in [0.1, 0.15) is 17.3 Å². The maximum Gasteiger partial charge on any atom is 0.338 e. The van der Waals surface area contributed by atoms with Crippen LogP contribution in [0.3, 0.4) is 0 Å². The van der Waals surface area contributed by atoms with Gasteiger partial charge in [0, 0.05) is 16.1 Å². The first kappa shape index (κ1) is 11.1. The van der Waals surface area contributed by atoms with Crippen LogP contribution in [0.2, 0.25) is 0 Å². The minimum atomic E-state index is -0.318. The molecule has 0 unspecified atom stereocenters. The third-order valence-corrected chi connectivity index (χ3v) is 2.64. The van der Waals surface area contributed by atoms with E-state index >= 15 is 0 Å². The Morgan fingerprint density at radius 2 is 2.31 bits per heavy atom. The van der Waals surface area contributed by atoms with Gasteiger partial charge < -0.3 is 4.74 Å². The number of benzene rings is 1. The molecule has 0 fully saturated rings. The second kappa shape index (κ2) is 4.61. The fourth-order valence-electron chi connectivity index (χ4n) is 1.53. The number of ether oxygens (including phenoxy) is 1. The maximum atomic E-state index is 11.7. The highest BCUT2D eigenvalue weighted by Gasteiger charge is 2.12. The molecule has 0 atom stereocenters. The minimum Gasteiger partial charge on any atom is -0.462 e. The van der Waals surface area contributed by atoms with Crippen LogP contribution in [0.25, 0.3) is 10.9 Å². The number of fused-ring (bicyclic) bond motifs is 1. The molecule has 4 heteroatoms. The normalized spacial score (nSPS) is 10.4. The number of nitrogens with zero attached hydrogens (tertiary/aromatic N) is 1. The van der Waals surface area contributed by atoms with E-state index in [0.29, 0.717) is 12.2 Å². The quantitative estimate of drug-likeness (QED) is 0.793. The highest BCUT2D eigenvalue weighted by atomic mass is 79.9. The van der Waals surface area contributed by atoms with E-state index < -0.39 is 0 Å². The van der Waals surface area contributed by atoms with Crippen molar-refractivity contribution in [3.8, 4) is 0 Å². The second-order valence-corrected chi connectivity index (χ2v) is 4.16. The van der Waals surface area contributed by atoms with Gasteiger partial charge >= 0.3 is 5.97 Å². The molecule has 2 rings (SSSR count). The van der Waals surface area contributed by atoms with E-state index in [0.717, 1.165) is 15.4 Å². The fraction of sp³-hybridized carbons (Fsp3) is 0.167. The van der Waals surface area contributed by atoms with Crippen LogP contribution in [0.4, 0.5) is 0 Å². The summed E-state index contributed by atoms with van der Waals surface area (Å²) in [7, 11) is 0. The van der Waals surface area contributed by atoms with E-state index in [1.165, 1.54) is 0 Å². The van der Waals surface area contributed by atoms with Crippen LogP contribution in [0.15, 0.2) is 34.9 Å². The van der Waals surface area contributed by atoms with Gasteiger partial charge in [0.1, 0.15) is 0 Å². The van der Waals surface area contributed by atoms with E-state index in [1.807, 2.05) is 12.1 Å². The standard InChI is InChI=1S/C12H10BrNO2/c1-2-16-12(15)10-6-8(13)7-11-9(10)4-3-5-14-11/h3-7H,2H2,1H3. The predicted molar refractivity (Wildman–Crippen MR) is 65.4 cm³/mol. The number of carbonyl (C=O) groups is 1. The van der Waals surface area contributed by atoms with Gasteiger partial charge in [-0.05, 0) is 25.1 Å². The average Bonchev–Trinajstić information content (AvgIpc) is 2.28. The van der Waals surface area contributed by atoms with Crippen molar-refractivity contribution >= 4 is 32.8 Å². The highest BCUT2D eigenvalue weighted by Crippen LogP contribution is 2.23. The third-order valence-electron chi connectivity index (χ3n) is 2.18. The topological polar surface area (TPSA) is 39.2 Å². The molecular formula is C12H10BrNO2. The average molecular weight is 280 g/mol. The van der Waals surface area contributed by atoms with Gasteiger partial charge in [-0.25, -0.2) is 4.79 Å². The lowest BCUT2D eigenvalue weighted by atomic mass is 10.1. The number of hydrogen-bond donors (Lipinski definition) is 0. The Kier molecular flexibility index (Phi) is 3.19. The minimum absolute atomic E-state index is 0.318. The van der Waals surface area contributed by atoms with E-state index in [4.69, 9.17) is 4.74 Å². The number of rotatable bonds is 2. The van der Waals surface area contributed by atoms with Crippen LogP contribution in [0, 0.1) is 0 Å². The van der Waals surface area contributed by atoms with Gasteiger partial charge in [0.2, 0.25) is 0 Å². The Morgan fingerprint density at radius 1 is 1.50 bits per heavy atom. The van der Waals surface area contributed by atoms with E-state index in [1.54, 1.807) is 25.3 Å². The van der Waals surface area contributed by atoms with Crippen molar-refractivity contribution in [2.24, 2.45) is 0 Å². The van der Waals surface area contributed by atoms with Gasteiger partial charge in [-0.1, -0.05) is 22.0 Å². The van der Waals surface area contributed by atoms with Crippen molar-refractivity contribution < 1.29 is 9.53 Å². The SMILES string of the molecule is CCOC(=O)c1cc(Br)cc2ncccc12. The van der Waals surface area contributed by atoms with Gasteiger partial charge in [0.15, 0.2) is 0 Å². The molecule has 16 heavy (non-hydrogen) atoms. The summed E-state index contributed by atoms with van der Waals surface area (Å²) in [5.74, 6) is -0.318. The number of carbonyl (C=O) groups excluding carboxylic acids is 1. The zero-order chi connectivity index (χ0) is 11.5. The summed E-state index contributed by atoms with van der Waals surface area (Å²) in [6, 6.07) is 7.29. The van der Waals surface area contributed by atoms with Gasteiger partial charge in [0.05, 0.1) is 17.7 Å². The molecule has 0 aliphatic heterocycles. The number of halogens is 1. The van der Waals surface area contributed by atoms with Crippen LogP contribution >= 0.6 is 15.9 Å². The summed E-state index contributed by atoms with van der Waals surface area (Å²) >= 11 is 3.35. The largest absolute Gasteiger partial charge is 0.462 e. The molecule has 0 bridgehead atoms. The van der Waals surface area contributed by atoms with Crippen molar-refractivity contribution in [3.63, 3.8) is 0 Å². The molecule has 2 aromatic rings. The van der Waals surface area contributed by atoms with Gasteiger partial charge in [-0.3, -0.25) is 4.98 Å². The van der Waals surface area contributed by atoms with Crippen molar-refractivity contribution in [3.05, 3.63) is 40.5 Å². The highest BCUT2D eigenvalue weighted by molar-refractivity contribution is 9.10. The molecule has 1 aromatic carbocycles. The lowest BCUT2D eigenvalue weighted by molar-refractivity contribution is 0.0528.